The third kappa shape index (κ3) is 1.81. The van der Waals surface area contributed by atoms with Crippen LogP contribution in [0.25, 0.3) is 5.53 Å². The van der Waals surface area contributed by atoms with Crippen molar-refractivity contribution in [1.29, 1.82) is 0 Å². The number of nitrogens with zero attached hydrogens (tertiary/aromatic N) is 2. The summed E-state index contributed by atoms with van der Waals surface area (Å²) in [5.74, 6) is 0. The average Bonchev–Trinajstić information content (AvgIpc) is 2.26. The van der Waals surface area contributed by atoms with Gasteiger partial charge in [0.1, 0.15) is 5.25 Å². The van der Waals surface area contributed by atoms with Gasteiger partial charge in [-0.05, 0) is 17.2 Å². The van der Waals surface area contributed by atoms with Crippen molar-refractivity contribution < 1.29 is 17.8 Å². The zero-order chi connectivity index (χ0) is 11.8. The van der Waals surface area contributed by atoms with Crippen molar-refractivity contribution in [3.63, 3.8) is 0 Å². The molecule has 2 rings (SSSR count). The van der Waals surface area contributed by atoms with E-state index in [2.05, 4.69) is 4.79 Å². The van der Waals surface area contributed by atoms with E-state index >= 15 is 0 Å². The van der Waals surface area contributed by atoms with Gasteiger partial charge >= 0.3 is 5.71 Å². The van der Waals surface area contributed by atoms with Crippen LogP contribution in [0.15, 0.2) is 47.6 Å². The van der Waals surface area contributed by atoms with Crippen LogP contribution in [0.2, 0.25) is 0 Å². The molecule has 0 spiro atoms. The Hall–Kier alpha value is -1.75. The molecular formula is C10H8N2O3S. The Labute approximate surface area is 92.5 Å². The van der Waals surface area contributed by atoms with Crippen molar-refractivity contribution in [2.24, 2.45) is 0 Å². The summed E-state index contributed by atoms with van der Waals surface area (Å²) in [6, 6.07) is 0. The Morgan fingerprint density at radius 2 is 2.12 bits per heavy atom. The minimum atomic E-state index is -4.19. The van der Waals surface area contributed by atoms with Crippen LogP contribution in [0, 0.1) is 0 Å². The zero-order valence-corrected chi connectivity index (χ0v) is 8.92. The lowest BCUT2D eigenvalue weighted by Gasteiger charge is -2.19. The molecule has 82 valence electrons. The molecule has 0 fully saturated rings. The first-order valence-electron chi connectivity index (χ1n) is 4.49. The third-order valence-electron chi connectivity index (χ3n) is 2.37. The van der Waals surface area contributed by atoms with E-state index in [1.54, 1.807) is 24.3 Å². The van der Waals surface area contributed by atoms with Crippen molar-refractivity contribution >= 4 is 15.8 Å². The van der Waals surface area contributed by atoms with Gasteiger partial charge in [-0.2, -0.15) is 13.2 Å². The van der Waals surface area contributed by atoms with Gasteiger partial charge in [-0.25, -0.2) is 0 Å². The summed E-state index contributed by atoms with van der Waals surface area (Å²) in [4.78, 5) is 2.98. The predicted molar refractivity (Wildman–Crippen MR) is 58.4 cm³/mol. The normalized spacial score (nSPS) is 23.3. The monoisotopic (exact) mass is 236 g/mol. The van der Waals surface area contributed by atoms with Crippen molar-refractivity contribution in [3.05, 3.63) is 53.1 Å². The van der Waals surface area contributed by atoms with E-state index in [1.165, 1.54) is 12.2 Å². The molecule has 0 aliphatic heterocycles. The fourth-order valence-electron chi connectivity index (χ4n) is 1.65. The standard InChI is InChI=1S/C10H8N2O3S/c11-12-8-5-4-7-2-1-3-10(9(7)6-8)16(13,14)15/h1-6,10H,(H,13,14,15). The van der Waals surface area contributed by atoms with Gasteiger partial charge in [0.05, 0.1) is 0 Å². The number of hydrogen-bond acceptors (Lipinski definition) is 2. The molecule has 0 heterocycles. The molecule has 0 radical (unpaired) electrons. The van der Waals surface area contributed by atoms with Gasteiger partial charge in [-0.3, -0.25) is 4.55 Å². The molecule has 0 aromatic heterocycles. The molecule has 2 aliphatic rings. The predicted octanol–water partition coefficient (Wildman–Crippen LogP) is 0.906. The lowest BCUT2D eigenvalue weighted by Crippen LogP contribution is -2.24. The molecule has 5 nitrogen and oxygen atoms in total. The summed E-state index contributed by atoms with van der Waals surface area (Å²) < 4.78 is 31.4. The lowest BCUT2D eigenvalue weighted by atomic mass is 9.92. The van der Waals surface area contributed by atoms with E-state index < -0.39 is 15.4 Å². The minimum absolute atomic E-state index is 0.246. The van der Waals surface area contributed by atoms with E-state index in [-0.39, 0.29) is 5.71 Å². The Kier molecular flexibility index (Phi) is 2.47. The summed E-state index contributed by atoms with van der Waals surface area (Å²) >= 11 is 0. The fourth-order valence-corrected chi connectivity index (χ4v) is 2.46. The zero-order valence-electron chi connectivity index (χ0n) is 8.11. The molecule has 0 bridgehead atoms. The van der Waals surface area contributed by atoms with E-state index in [9.17, 15) is 8.42 Å². The van der Waals surface area contributed by atoms with Crippen LogP contribution in [-0.4, -0.2) is 28.7 Å². The Bertz CT molecular complexity index is 602. The Balaban J connectivity index is 2.57. The number of fused-ring (bicyclic) bond motifs is 1. The third-order valence-corrected chi connectivity index (χ3v) is 3.43. The van der Waals surface area contributed by atoms with Crippen LogP contribution < -0.4 is 0 Å². The van der Waals surface area contributed by atoms with E-state index in [0.29, 0.717) is 11.1 Å². The highest BCUT2D eigenvalue weighted by Gasteiger charge is 2.30. The van der Waals surface area contributed by atoms with Crippen LogP contribution in [0.4, 0.5) is 0 Å². The van der Waals surface area contributed by atoms with Crippen molar-refractivity contribution in [3.8, 4) is 0 Å². The largest absolute Gasteiger partial charge is 0.361 e. The summed E-state index contributed by atoms with van der Waals surface area (Å²) in [5, 5.41) is -1.10. The highest BCUT2D eigenvalue weighted by Crippen LogP contribution is 2.28. The molecule has 1 N–H and O–H groups in total. The molecule has 16 heavy (non-hydrogen) atoms. The van der Waals surface area contributed by atoms with E-state index in [4.69, 9.17) is 10.1 Å². The first kappa shape index (κ1) is 10.8. The van der Waals surface area contributed by atoms with Crippen molar-refractivity contribution in [2.75, 3.05) is 0 Å². The maximum Gasteiger partial charge on any atom is 0.315 e. The summed E-state index contributed by atoms with van der Waals surface area (Å²) in [6.07, 6.45) is 9.27. The van der Waals surface area contributed by atoms with Crippen LogP contribution in [0.3, 0.4) is 0 Å². The quantitative estimate of drug-likeness (QED) is 0.416. The van der Waals surface area contributed by atoms with Gasteiger partial charge in [0, 0.05) is 12.2 Å². The maximum absolute atomic E-state index is 11.1. The van der Waals surface area contributed by atoms with Crippen LogP contribution in [0.1, 0.15) is 0 Å². The fraction of sp³-hybridized carbons (Fsp3) is 0.100. The molecule has 2 aliphatic carbocycles. The maximum atomic E-state index is 11.1. The van der Waals surface area contributed by atoms with Gasteiger partial charge in [0.25, 0.3) is 10.1 Å². The molecule has 0 saturated carbocycles. The van der Waals surface area contributed by atoms with Crippen molar-refractivity contribution in [1.82, 2.24) is 0 Å². The highest BCUT2D eigenvalue weighted by molar-refractivity contribution is 7.86. The molecule has 1 atom stereocenters. The first-order chi connectivity index (χ1) is 7.52. The topological polar surface area (TPSA) is 90.8 Å². The highest BCUT2D eigenvalue weighted by atomic mass is 32.2. The van der Waals surface area contributed by atoms with Crippen LogP contribution in [0.5, 0.6) is 0 Å². The van der Waals surface area contributed by atoms with Gasteiger partial charge in [0.2, 0.25) is 0 Å². The number of hydrogen-bond donors (Lipinski definition) is 1. The summed E-state index contributed by atoms with van der Waals surface area (Å²) in [5.41, 5.74) is 9.94. The number of rotatable bonds is 1. The van der Waals surface area contributed by atoms with E-state index in [1.807, 2.05) is 0 Å². The van der Waals surface area contributed by atoms with Crippen molar-refractivity contribution in [2.45, 2.75) is 5.25 Å². The van der Waals surface area contributed by atoms with Gasteiger partial charge in [0.15, 0.2) is 0 Å². The SMILES string of the molecule is [N-]=[N+]=C1C=CC2=CC=CC(S(=O)(=O)O)C2=C1. The smallest absolute Gasteiger partial charge is 0.315 e. The molecule has 0 aromatic rings. The Morgan fingerprint density at radius 3 is 2.75 bits per heavy atom. The summed E-state index contributed by atoms with van der Waals surface area (Å²) in [6.45, 7) is 0. The van der Waals surface area contributed by atoms with Gasteiger partial charge in [-0.15, -0.1) is 0 Å². The Morgan fingerprint density at radius 1 is 1.38 bits per heavy atom. The second-order valence-corrected chi connectivity index (χ2v) is 4.94. The molecular weight excluding hydrogens is 228 g/mol. The molecule has 6 heteroatoms. The lowest BCUT2D eigenvalue weighted by molar-refractivity contribution is -0.00162. The van der Waals surface area contributed by atoms with E-state index in [0.717, 1.165) is 0 Å². The molecule has 0 aromatic carbocycles. The van der Waals surface area contributed by atoms with Crippen LogP contribution >= 0.6 is 0 Å². The second kappa shape index (κ2) is 3.68. The summed E-state index contributed by atoms with van der Waals surface area (Å²) in [7, 11) is -4.19. The van der Waals surface area contributed by atoms with Gasteiger partial charge in [-0.1, -0.05) is 18.2 Å². The number of allylic oxidation sites excluding steroid dienone is 6. The van der Waals surface area contributed by atoms with Gasteiger partial charge < -0.3 is 5.53 Å². The van der Waals surface area contributed by atoms with Crippen LogP contribution in [-0.2, 0) is 10.1 Å². The average molecular weight is 236 g/mol. The molecule has 1 unspecified atom stereocenters. The molecule has 0 saturated heterocycles. The second-order valence-electron chi connectivity index (χ2n) is 3.40. The minimum Gasteiger partial charge on any atom is -0.361 e. The first-order valence-corrected chi connectivity index (χ1v) is 5.99. The molecule has 0 amide bonds.